The smallest absolute Gasteiger partial charge is 0.0721 e. The van der Waals surface area contributed by atoms with Crippen molar-refractivity contribution in [2.24, 2.45) is 0 Å². The van der Waals surface area contributed by atoms with E-state index in [-0.39, 0.29) is 0 Å². The van der Waals surface area contributed by atoms with Gasteiger partial charge in [0.25, 0.3) is 0 Å². The van der Waals surface area contributed by atoms with Crippen LogP contribution in [-0.2, 0) is 4.74 Å². The molecule has 0 unspecified atom stereocenters. The molecule has 2 atom stereocenters. The van der Waals surface area contributed by atoms with E-state index in [1.165, 1.54) is 31.3 Å². The molecule has 0 bridgehead atoms. The molecule has 2 aliphatic heterocycles. The van der Waals surface area contributed by atoms with E-state index in [9.17, 15) is 0 Å². The van der Waals surface area contributed by atoms with E-state index in [2.05, 4.69) is 11.5 Å². The summed E-state index contributed by atoms with van der Waals surface area (Å²) in [6, 6.07) is 0.760. The lowest BCUT2D eigenvalue weighted by molar-refractivity contribution is 0.0462. The Bertz CT molecular complexity index is 218. The molecule has 2 heterocycles. The lowest BCUT2D eigenvalue weighted by Crippen LogP contribution is -2.24. The average Bonchev–Trinajstić information content (AvgIpc) is 2.68. The van der Waals surface area contributed by atoms with Gasteiger partial charge in [0.15, 0.2) is 0 Å². The van der Waals surface area contributed by atoms with Crippen LogP contribution in [0.3, 0.4) is 0 Å². The van der Waals surface area contributed by atoms with E-state index in [1.807, 2.05) is 0 Å². The molecule has 0 aromatic carbocycles. The largest absolute Gasteiger partial charge is 0.374 e. The highest BCUT2D eigenvalue weighted by Crippen LogP contribution is 2.34. The van der Waals surface area contributed by atoms with Crippen LogP contribution in [-0.4, -0.2) is 36.2 Å². The van der Waals surface area contributed by atoms with Crippen molar-refractivity contribution >= 4 is 0 Å². The van der Waals surface area contributed by atoms with Gasteiger partial charge in [0.05, 0.1) is 12.2 Å². The predicted molar refractivity (Wildman–Crippen MR) is 51.6 cm³/mol. The standard InChI is InChI=1S/C11H17NO/c1-8-4-9-5-11(7-12(9)6-8)13-10-2-3-10/h9-11H,1-7H2/t9-,11-/m1/s1. The van der Waals surface area contributed by atoms with Crippen molar-refractivity contribution < 1.29 is 4.74 Å². The van der Waals surface area contributed by atoms with Crippen LogP contribution in [0.2, 0.25) is 0 Å². The van der Waals surface area contributed by atoms with Crippen LogP contribution >= 0.6 is 0 Å². The molecule has 13 heavy (non-hydrogen) atoms. The number of hydrogen-bond donors (Lipinski definition) is 0. The van der Waals surface area contributed by atoms with Crippen LogP contribution in [0.4, 0.5) is 0 Å². The minimum absolute atomic E-state index is 0.533. The molecule has 0 spiro atoms. The monoisotopic (exact) mass is 179 g/mol. The fraction of sp³-hybridized carbons (Fsp3) is 0.818. The van der Waals surface area contributed by atoms with Gasteiger partial charge >= 0.3 is 0 Å². The van der Waals surface area contributed by atoms with Crippen LogP contribution in [0.5, 0.6) is 0 Å². The Morgan fingerprint density at radius 3 is 2.85 bits per heavy atom. The van der Waals surface area contributed by atoms with Gasteiger partial charge in [0.1, 0.15) is 0 Å². The highest BCUT2D eigenvalue weighted by Gasteiger charge is 2.39. The fourth-order valence-electron chi connectivity index (χ4n) is 2.60. The van der Waals surface area contributed by atoms with Crippen LogP contribution in [0, 0.1) is 0 Å². The molecule has 3 rings (SSSR count). The van der Waals surface area contributed by atoms with Crippen molar-refractivity contribution in [2.75, 3.05) is 13.1 Å². The van der Waals surface area contributed by atoms with E-state index >= 15 is 0 Å². The maximum Gasteiger partial charge on any atom is 0.0721 e. The Labute approximate surface area is 79.6 Å². The Kier molecular flexibility index (Phi) is 1.74. The second-order valence-corrected chi connectivity index (χ2v) is 4.73. The van der Waals surface area contributed by atoms with Gasteiger partial charge in [0, 0.05) is 19.1 Å². The molecule has 0 N–H and O–H groups in total. The van der Waals surface area contributed by atoms with Gasteiger partial charge in [-0.15, -0.1) is 0 Å². The van der Waals surface area contributed by atoms with Crippen molar-refractivity contribution in [1.29, 1.82) is 0 Å². The van der Waals surface area contributed by atoms with E-state index in [4.69, 9.17) is 4.74 Å². The van der Waals surface area contributed by atoms with Crippen molar-refractivity contribution in [1.82, 2.24) is 4.90 Å². The molecule has 1 aliphatic carbocycles. The normalized spacial score (nSPS) is 39.8. The second kappa shape index (κ2) is 2.82. The highest BCUT2D eigenvalue weighted by molar-refractivity contribution is 5.11. The molecular formula is C11H17NO. The van der Waals surface area contributed by atoms with Crippen LogP contribution < -0.4 is 0 Å². The molecular weight excluding hydrogens is 162 g/mol. The zero-order chi connectivity index (χ0) is 8.84. The number of ether oxygens (including phenoxy) is 1. The molecule has 0 radical (unpaired) electrons. The second-order valence-electron chi connectivity index (χ2n) is 4.73. The highest BCUT2D eigenvalue weighted by atomic mass is 16.5. The lowest BCUT2D eigenvalue weighted by Gasteiger charge is -2.13. The summed E-state index contributed by atoms with van der Waals surface area (Å²) in [5.74, 6) is 0. The SMILES string of the molecule is C=C1C[C@@H]2C[C@@H](OC3CC3)CN2C1. The molecule has 0 aromatic rings. The minimum Gasteiger partial charge on any atom is -0.374 e. The molecule has 2 nitrogen and oxygen atoms in total. The summed E-state index contributed by atoms with van der Waals surface area (Å²) >= 11 is 0. The molecule has 3 fully saturated rings. The Morgan fingerprint density at radius 1 is 1.31 bits per heavy atom. The zero-order valence-corrected chi connectivity index (χ0v) is 8.04. The average molecular weight is 179 g/mol. The summed E-state index contributed by atoms with van der Waals surface area (Å²) in [6.45, 7) is 6.33. The van der Waals surface area contributed by atoms with Crippen molar-refractivity contribution in [3.05, 3.63) is 12.2 Å². The third-order valence-corrected chi connectivity index (χ3v) is 3.35. The first kappa shape index (κ1) is 8.01. The minimum atomic E-state index is 0.533. The van der Waals surface area contributed by atoms with Gasteiger partial charge in [-0.1, -0.05) is 12.2 Å². The first-order chi connectivity index (χ1) is 6.31. The Hall–Kier alpha value is -0.340. The maximum absolute atomic E-state index is 5.92. The van der Waals surface area contributed by atoms with Gasteiger partial charge in [0.2, 0.25) is 0 Å². The van der Waals surface area contributed by atoms with Crippen LogP contribution in [0.25, 0.3) is 0 Å². The topological polar surface area (TPSA) is 12.5 Å². The van der Waals surface area contributed by atoms with Gasteiger partial charge in [-0.05, 0) is 25.7 Å². The number of fused-ring (bicyclic) bond motifs is 1. The quantitative estimate of drug-likeness (QED) is 0.597. The molecule has 1 saturated carbocycles. The number of nitrogens with zero attached hydrogens (tertiary/aromatic N) is 1. The van der Waals surface area contributed by atoms with E-state index in [1.54, 1.807) is 0 Å². The van der Waals surface area contributed by atoms with Crippen LogP contribution in [0.1, 0.15) is 25.7 Å². The predicted octanol–water partition coefficient (Wildman–Crippen LogP) is 1.57. The zero-order valence-electron chi connectivity index (χ0n) is 8.04. The fourth-order valence-corrected chi connectivity index (χ4v) is 2.60. The summed E-state index contributed by atoms with van der Waals surface area (Å²) in [4.78, 5) is 2.54. The van der Waals surface area contributed by atoms with Crippen LogP contribution in [0.15, 0.2) is 12.2 Å². The summed E-state index contributed by atoms with van der Waals surface area (Å²) in [7, 11) is 0. The van der Waals surface area contributed by atoms with Crippen molar-refractivity contribution in [2.45, 2.75) is 43.9 Å². The summed E-state index contributed by atoms with van der Waals surface area (Å²) in [5, 5.41) is 0. The first-order valence-electron chi connectivity index (χ1n) is 5.37. The molecule has 2 saturated heterocycles. The summed E-state index contributed by atoms with van der Waals surface area (Å²) in [5.41, 5.74) is 1.41. The summed E-state index contributed by atoms with van der Waals surface area (Å²) < 4.78 is 5.92. The molecule has 3 aliphatic rings. The van der Waals surface area contributed by atoms with E-state index in [0.29, 0.717) is 12.2 Å². The Morgan fingerprint density at radius 2 is 2.15 bits per heavy atom. The summed E-state index contributed by atoms with van der Waals surface area (Å²) in [6.07, 6.45) is 6.21. The molecule has 2 heteroatoms. The van der Waals surface area contributed by atoms with Gasteiger partial charge in [-0.2, -0.15) is 0 Å². The molecule has 72 valence electrons. The van der Waals surface area contributed by atoms with Crippen molar-refractivity contribution in [3.8, 4) is 0 Å². The third kappa shape index (κ3) is 1.53. The van der Waals surface area contributed by atoms with Gasteiger partial charge in [-0.25, -0.2) is 0 Å². The van der Waals surface area contributed by atoms with E-state index < -0.39 is 0 Å². The lowest BCUT2D eigenvalue weighted by atomic mass is 10.1. The van der Waals surface area contributed by atoms with Gasteiger partial charge in [-0.3, -0.25) is 4.90 Å². The molecule has 0 amide bonds. The molecule has 0 aromatic heterocycles. The number of hydrogen-bond acceptors (Lipinski definition) is 2. The Balaban J connectivity index is 1.57. The third-order valence-electron chi connectivity index (χ3n) is 3.35. The maximum atomic E-state index is 5.92. The van der Waals surface area contributed by atoms with E-state index in [0.717, 1.165) is 19.1 Å². The first-order valence-corrected chi connectivity index (χ1v) is 5.37. The van der Waals surface area contributed by atoms with Gasteiger partial charge < -0.3 is 4.74 Å². The number of rotatable bonds is 2. The van der Waals surface area contributed by atoms with Crippen molar-refractivity contribution in [3.63, 3.8) is 0 Å².